The van der Waals surface area contributed by atoms with Crippen molar-refractivity contribution in [2.45, 2.75) is 26.2 Å². The van der Waals surface area contributed by atoms with Crippen LogP contribution in [0.3, 0.4) is 0 Å². The second kappa shape index (κ2) is 8.42. The van der Waals surface area contributed by atoms with Crippen molar-refractivity contribution in [3.05, 3.63) is 41.0 Å². The van der Waals surface area contributed by atoms with Gasteiger partial charge >= 0.3 is 0 Å². The summed E-state index contributed by atoms with van der Waals surface area (Å²) in [4.78, 5) is 4.37. The lowest BCUT2D eigenvalue weighted by Gasteiger charge is -2.07. The van der Waals surface area contributed by atoms with Gasteiger partial charge in [0.2, 0.25) is 5.95 Å². The molecule has 0 saturated heterocycles. The summed E-state index contributed by atoms with van der Waals surface area (Å²) in [6, 6.07) is 7.84. The van der Waals surface area contributed by atoms with Gasteiger partial charge in [0.05, 0.1) is 6.20 Å². The SMILES string of the molecule is CCCCNc1cnnc(NCCc2cccc(Cl)c2)n1. The summed E-state index contributed by atoms with van der Waals surface area (Å²) in [7, 11) is 0. The predicted molar refractivity (Wildman–Crippen MR) is 86.9 cm³/mol. The van der Waals surface area contributed by atoms with Crippen molar-refractivity contribution in [1.29, 1.82) is 0 Å². The van der Waals surface area contributed by atoms with Crippen molar-refractivity contribution < 1.29 is 0 Å². The number of halogens is 1. The van der Waals surface area contributed by atoms with E-state index in [0.29, 0.717) is 5.95 Å². The number of unbranched alkanes of at least 4 members (excludes halogenated alkanes) is 1. The predicted octanol–water partition coefficient (Wildman–Crippen LogP) is 3.39. The van der Waals surface area contributed by atoms with Crippen molar-refractivity contribution >= 4 is 23.4 Å². The molecular formula is C15H20ClN5. The van der Waals surface area contributed by atoms with Crippen LogP contribution in [0.4, 0.5) is 11.8 Å². The topological polar surface area (TPSA) is 62.7 Å². The van der Waals surface area contributed by atoms with Gasteiger partial charge in [-0.15, -0.1) is 5.10 Å². The molecule has 0 unspecified atom stereocenters. The van der Waals surface area contributed by atoms with Gasteiger partial charge in [-0.05, 0) is 30.5 Å². The highest BCUT2D eigenvalue weighted by molar-refractivity contribution is 6.30. The van der Waals surface area contributed by atoms with Crippen LogP contribution < -0.4 is 10.6 Å². The van der Waals surface area contributed by atoms with Gasteiger partial charge in [0.1, 0.15) is 5.82 Å². The summed E-state index contributed by atoms with van der Waals surface area (Å²) in [5.74, 6) is 1.29. The highest BCUT2D eigenvalue weighted by Gasteiger charge is 2.00. The Morgan fingerprint density at radius 2 is 2.10 bits per heavy atom. The first kappa shape index (κ1) is 15.5. The third kappa shape index (κ3) is 5.55. The lowest BCUT2D eigenvalue weighted by atomic mass is 10.1. The monoisotopic (exact) mass is 305 g/mol. The van der Waals surface area contributed by atoms with Crippen molar-refractivity contribution in [2.75, 3.05) is 23.7 Å². The fourth-order valence-corrected chi connectivity index (χ4v) is 2.08. The number of anilines is 2. The Balaban J connectivity index is 1.81. The van der Waals surface area contributed by atoms with Gasteiger partial charge in [0.15, 0.2) is 0 Å². The smallest absolute Gasteiger partial charge is 0.244 e. The number of aromatic nitrogens is 3. The molecule has 0 aliphatic carbocycles. The number of hydrogen-bond donors (Lipinski definition) is 2. The Labute approximate surface area is 130 Å². The number of nitrogens with one attached hydrogen (secondary N) is 2. The molecule has 0 spiro atoms. The van der Waals surface area contributed by atoms with Crippen LogP contribution in [-0.2, 0) is 6.42 Å². The quantitative estimate of drug-likeness (QED) is 0.732. The van der Waals surface area contributed by atoms with Crippen LogP contribution in [0.2, 0.25) is 5.02 Å². The Morgan fingerprint density at radius 1 is 1.19 bits per heavy atom. The molecule has 1 aromatic heterocycles. The number of nitrogens with zero attached hydrogens (tertiary/aromatic N) is 3. The molecule has 2 rings (SSSR count). The molecule has 0 amide bonds. The summed E-state index contributed by atoms with van der Waals surface area (Å²) in [6.07, 6.45) is 4.76. The van der Waals surface area contributed by atoms with Crippen LogP contribution in [0.1, 0.15) is 25.3 Å². The molecule has 1 heterocycles. The average molecular weight is 306 g/mol. The van der Waals surface area contributed by atoms with E-state index in [1.807, 2.05) is 18.2 Å². The number of benzene rings is 1. The summed E-state index contributed by atoms with van der Waals surface area (Å²) >= 11 is 5.96. The molecule has 5 nitrogen and oxygen atoms in total. The zero-order chi connectivity index (χ0) is 14.9. The van der Waals surface area contributed by atoms with E-state index < -0.39 is 0 Å². The molecule has 0 radical (unpaired) electrons. The molecule has 0 fully saturated rings. The highest BCUT2D eigenvalue weighted by Crippen LogP contribution is 2.11. The Hall–Kier alpha value is -1.88. The van der Waals surface area contributed by atoms with E-state index in [2.05, 4.69) is 38.8 Å². The summed E-state index contributed by atoms with van der Waals surface area (Å²) < 4.78 is 0. The van der Waals surface area contributed by atoms with Gasteiger partial charge in [0, 0.05) is 18.1 Å². The fourth-order valence-electron chi connectivity index (χ4n) is 1.87. The van der Waals surface area contributed by atoms with E-state index >= 15 is 0 Å². The van der Waals surface area contributed by atoms with Crippen LogP contribution in [0, 0.1) is 0 Å². The van der Waals surface area contributed by atoms with Crippen LogP contribution >= 0.6 is 11.6 Å². The van der Waals surface area contributed by atoms with E-state index in [0.717, 1.165) is 43.2 Å². The minimum Gasteiger partial charge on any atom is -0.369 e. The average Bonchev–Trinajstić information content (AvgIpc) is 2.48. The molecule has 0 atom stereocenters. The van der Waals surface area contributed by atoms with Crippen molar-refractivity contribution in [2.24, 2.45) is 0 Å². The lowest BCUT2D eigenvalue weighted by molar-refractivity contribution is 0.826. The summed E-state index contributed by atoms with van der Waals surface area (Å²) in [5.41, 5.74) is 1.18. The first-order valence-corrected chi connectivity index (χ1v) is 7.57. The van der Waals surface area contributed by atoms with Gasteiger partial charge in [-0.2, -0.15) is 10.1 Å². The molecule has 6 heteroatoms. The first-order chi connectivity index (χ1) is 10.3. The molecule has 1 aromatic carbocycles. The lowest BCUT2D eigenvalue weighted by Crippen LogP contribution is -2.11. The van der Waals surface area contributed by atoms with Crippen molar-refractivity contribution in [3.63, 3.8) is 0 Å². The summed E-state index contributed by atoms with van der Waals surface area (Å²) in [5, 5.41) is 15.1. The molecule has 0 bridgehead atoms. The second-order valence-electron chi connectivity index (χ2n) is 4.75. The van der Waals surface area contributed by atoms with E-state index in [1.54, 1.807) is 6.20 Å². The molecule has 0 aliphatic heterocycles. The Bertz CT molecular complexity index is 561. The maximum absolute atomic E-state index is 5.96. The third-order valence-electron chi connectivity index (χ3n) is 2.98. The van der Waals surface area contributed by atoms with Crippen molar-refractivity contribution in [1.82, 2.24) is 15.2 Å². The van der Waals surface area contributed by atoms with Crippen LogP contribution in [0.5, 0.6) is 0 Å². The molecular weight excluding hydrogens is 286 g/mol. The van der Waals surface area contributed by atoms with E-state index in [9.17, 15) is 0 Å². The Morgan fingerprint density at radius 3 is 2.90 bits per heavy atom. The second-order valence-corrected chi connectivity index (χ2v) is 5.19. The summed E-state index contributed by atoms with van der Waals surface area (Å²) in [6.45, 7) is 3.79. The largest absolute Gasteiger partial charge is 0.369 e. The van der Waals surface area contributed by atoms with Crippen molar-refractivity contribution in [3.8, 4) is 0 Å². The number of rotatable bonds is 8. The zero-order valence-corrected chi connectivity index (χ0v) is 12.9. The maximum atomic E-state index is 5.96. The fraction of sp³-hybridized carbons (Fsp3) is 0.400. The molecule has 2 N–H and O–H groups in total. The van der Waals surface area contributed by atoms with Gasteiger partial charge < -0.3 is 10.6 Å². The van der Waals surface area contributed by atoms with E-state index in [4.69, 9.17) is 11.6 Å². The normalized spacial score (nSPS) is 10.4. The highest BCUT2D eigenvalue weighted by atomic mass is 35.5. The van der Waals surface area contributed by atoms with E-state index in [-0.39, 0.29) is 0 Å². The van der Waals surface area contributed by atoms with Gasteiger partial charge in [-0.3, -0.25) is 0 Å². The molecule has 112 valence electrons. The molecule has 2 aromatic rings. The molecule has 0 saturated carbocycles. The van der Waals surface area contributed by atoms with Gasteiger partial charge in [0.25, 0.3) is 0 Å². The van der Waals surface area contributed by atoms with Crippen LogP contribution in [0.15, 0.2) is 30.5 Å². The first-order valence-electron chi connectivity index (χ1n) is 7.20. The maximum Gasteiger partial charge on any atom is 0.244 e. The van der Waals surface area contributed by atoms with E-state index in [1.165, 1.54) is 5.56 Å². The van der Waals surface area contributed by atoms with Crippen LogP contribution in [0.25, 0.3) is 0 Å². The minimum atomic E-state index is 0.540. The minimum absolute atomic E-state index is 0.540. The van der Waals surface area contributed by atoms with Gasteiger partial charge in [-0.25, -0.2) is 0 Å². The Kier molecular flexibility index (Phi) is 6.22. The zero-order valence-electron chi connectivity index (χ0n) is 12.1. The third-order valence-corrected chi connectivity index (χ3v) is 3.22. The molecule has 21 heavy (non-hydrogen) atoms. The van der Waals surface area contributed by atoms with Crippen LogP contribution in [-0.4, -0.2) is 28.3 Å². The molecule has 0 aliphatic rings. The number of hydrogen-bond acceptors (Lipinski definition) is 5. The van der Waals surface area contributed by atoms with Gasteiger partial charge in [-0.1, -0.05) is 37.1 Å². The standard InChI is InChI=1S/C15H20ClN5/c1-2-3-8-17-14-11-19-21-15(20-14)18-9-7-12-5-4-6-13(16)10-12/h4-6,10-11H,2-3,7-9H2,1H3,(H2,17,18,20,21).